The van der Waals surface area contributed by atoms with Crippen LogP contribution in [0.25, 0.3) is 0 Å². The first-order valence-electron chi connectivity index (χ1n) is 6.00. The van der Waals surface area contributed by atoms with Gasteiger partial charge in [-0.15, -0.1) is 0 Å². The molecular formula is C12H28CuN2O2. The second-order valence-corrected chi connectivity index (χ2v) is 5.99. The van der Waals surface area contributed by atoms with Crippen molar-refractivity contribution in [3.63, 3.8) is 0 Å². The van der Waals surface area contributed by atoms with Crippen molar-refractivity contribution in [2.45, 2.75) is 40.2 Å². The minimum absolute atomic E-state index is 0.0602. The molecule has 0 N–H and O–H groups in total. The molecule has 2 atom stereocenters. The van der Waals surface area contributed by atoms with Gasteiger partial charge in [0.1, 0.15) is 0 Å². The zero-order valence-corrected chi connectivity index (χ0v) is 13.3. The van der Waals surface area contributed by atoms with E-state index in [4.69, 9.17) is 7.64 Å². The van der Waals surface area contributed by atoms with Crippen LogP contribution in [-0.4, -0.2) is 50.4 Å². The third-order valence-electron chi connectivity index (χ3n) is 2.36. The molecule has 0 fully saturated rings. The predicted molar refractivity (Wildman–Crippen MR) is 66.8 cm³/mol. The maximum absolute atomic E-state index is 5.68. The van der Waals surface area contributed by atoms with E-state index in [9.17, 15) is 0 Å². The first kappa shape index (κ1) is 17.4. The summed E-state index contributed by atoms with van der Waals surface area (Å²) in [6.07, 6.45) is 0.120. The van der Waals surface area contributed by atoms with Crippen LogP contribution in [-0.2, 0) is 23.3 Å². The zero-order valence-electron chi connectivity index (χ0n) is 12.3. The van der Waals surface area contributed by atoms with E-state index in [-0.39, 0.29) is 12.5 Å². The molecule has 0 aromatic heterocycles. The topological polar surface area (TPSA) is 24.9 Å². The summed E-state index contributed by atoms with van der Waals surface area (Å²) in [6, 6.07) is 0. The fourth-order valence-electron chi connectivity index (χ4n) is 1.56. The van der Waals surface area contributed by atoms with Crippen molar-refractivity contribution >= 4 is 0 Å². The third-order valence-corrected chi connectivity index (χ3v) is 3.00. The summed E-state index contributed by atoms with van der Waals surface area (Å²) in [5, 5.41) is 0. The first-order valence-corrected chi connectivity index (χ1v) is 6.77. The molecule has 0 heterocycles. The summed E-state index contributed by atoms with van der Waals surface area (Å²) in [5.41, 5.74) is 0. The van der Waals surface area contributed by atoms with Crippen LogP contribution in [0.5, 0.6) is 0 Å². The van der Waals surface area contributed by atoms with Gasteiger partial charge in [-0.05, 0) is 0 Å². The summed E-state index contributed by atoms with van der Waals surface area (Å²) in [6.45, 7) is 8.54. The molecule has 0 aromatic rings. The molecule has 0 aliphatic rings. The van der Waals surface area contributed by atoms with Crippen LogP contribution < -0.4 is 0 Å². The van der Waals surface area contributed by atoms with Crippen LogP contribution >= 0.6 is 0 Å². The van der Waals surface area contributed by atoms with Gasteiger partial charge in [0.15, 0.2) is 0 Å². The minimum atomic E-state index is 0.0602. The van der Waals surface area contributed by atoms with Gasteiger partial charge < -0.3 is 0 Å². The zero-order chi connectivity index (χ0) is 13.6. The van der Waals surface area contributed by atoms with E-state index < -0.39 is 0 Å². The van der Waals surface area contributed by atoms with E-state index in [2.05, 4.69) is 37.5 Å². The van der Waals surface area contributed by atoms with Gasteiger partial charge in [0, 0.05) is 0 Å². The Bertz CT molecular complexity index is 163. The Morgan fingerprint density at radius 3 is 1.18 bits per heavy atom. The number of nitrogens with zero attached hydrogens (tertiary/aromatic N) is 2. The van der Waals surface area contributed by atoms with E-state index >= 15 is 0 Å². The van der Waals surface area contributed by atoms with Crippen LogP contribution in [0.4, 0.5) is 0 Å². The van der Waals surface area contributed by atoms with Gasteiger partial charge in [0.2, 0.25) is 0 Å². The Balaban J connectivity index is 4.10. The molecule has 4 nitrogen and oxygen atoms in total. The molecule has 17 heavy (non-hydrogen) atoms. The van der Waals surface area contributed by atoms with Crippen LogP contribution in [0, 0.1) is 11.8 Å². The molecule has 0 bridgehead atoms. The van der Waals surface area contributed by atoms with Crippen LogP contribution in [0.15, 0.2) is 0 Å². The van der Waals surface area contributed by atoms with Crippen molar-refractivity contribution in [3.8, 4) is 0 Å². The molecule has 0 aliphatic carbocycles. The predicted octanol–water partition coefficient (Wildman–Crippen LogP) is 2.02. The fraction of sp³-hybridized carbons (Fsp3) is 1.00. The van der Waals surface area contributed by atoms with E-state index in [0.29, 0.717) is 11.8 Å². The molecular weight excluding hydrogens is 268 g/mol. The van der Waals surface area contributed by atoms with Crippen molar-refractivity contribution in [2.75, 3.05) is 28.2 Å². The number of rotatable bonds is 8. The molecule has 0 spiro atoms. The Labute approximate surface area is 113 Å². The first-order chi connectivity index (χ1) is 7.77. The van der Waals surface area contributed by atoms with E-state index in [1.54, 1.807) is 0 Å². The van der Waals surface area contributed by atoms with Gasteiger partial charge in [-0.1, -0.05) is 0 Å². The van der Waals surface area contributed by atoms with Gasteiger partial charge >= 0.3 is 113 Å². The second kappa shape index (κ2) is 8.46. The van der Waals surface area contributed by atoms with Gasteiger partial charge in [-0.25, -0.2) is 0 Å². The molecule has 0 saturated carbocycles. The van der Waals surface area contributed by atoms with E-state index in [1.807, 2.05) is 28.2 Å². The average Bonchev–Trinajstić information content (AvgIpc) is 2.14. The van der Waals surface area contributed by atoms with Crippen LogP contribution in [0.1, 0.15) is 27.7 Å². The molecule has 0 amide bonds. The summed E-state index contributed by atoms with van der Waals surface area (Å²) < 4.78 is 11.4. The summed E-state index contributed by atoms with van der Waals surface area (Å²) >= 11 is 1.19. The van der Waals surface area contributed by atoms with E-state index in [0.717, 1.165) is 0 Å². The van der Waals surface area contributed by atoms with Crippen molar-refractivity contribution in [3.05, 3.63) is 0 Å². The van der Waals surface area contributed by atoms with E-state index in [1.165, 1.54) is 15.6 Å². The molecule has 0 aliphatic heterocycles. The Morgan fingerprint density at radius 2 is 1.00 bits per heavy atom. The second-order valence-electron chi connectivity index (χ2n) is 5.39. The Kier molecular flexibility index (Phi) is 8.64. The quantitative estimate of drug-likeness (QED) is 0.505. The summed E-state index contributed by atoms with van der Waals surface area (Å²) in [4.78, 5) is 4.11. The molecule has 0 aromatic carbocycles. The van der Waals surface area contributed by atoms with Crippen molar-refractivity contribution < 1.29 is 23.3 Å². The van der Waals surface area contributed by atoms with Gasteiger partial charge in [-0.2, -0.15) is 0 Å². The average molecular weight is 296 g/mol. The summed E-state index contributed by atoms with van der Waals surface area (Å²) in [5.74, 6) is 0.852. The standard InChI is InChI=1S/2C6H14NO.Cu/c2*1-5(2)6(8)7(3)4;/h2*5-6H,1-4H3;/q2*-1;+2. The molecule has 0 saturated heterocycles. The van der Waals surface area contributed by atoms with Crippen molar-refractivity contribution in [1.82, 2.24) is 9.80 Å². The SMILES string of the molecule is CC(C)C([O][Cu][O]C(C(C)C)N(C)C)N(C)C. The molecule has 0 rings (SSSR count). The normalized spacial score (nSPS) is 16.5. The maximum atomic E-state index is 5.68. The van der Waals surface area contributed by atoms with Gasteiger partial charge in [0.05, 0.1) is 0 Å². The summed E-state index contributed by atoms with van der Waals surface area (Å²) in [7, 11) is 8.04. The number of hydrogen-bond acceptors (Lipinski definition) is 4. The third kappa shape index (κ3) is 6.75. The molecule has 0 radical (unpaired) electrons. The Morgan fingerprint density at radius 1 is 0.706 bits per heavy atom. The van der Waals surface area contributed by atoms with Crippen molar-refractivity contribution in [1.29, 1.82) is 0 Å². The monoisotopic (exact) mass is 295 g/mol. The van der Waals surface area contributed by atoms with Crippen LogP contribution in [0.3, 0.4) is 0 Å². The molecule has 2 unspecified atom stereocenters. The number of hydrogen-bond donors (Lipinski definition) is 0. The molecule has 109 valence electrons. The Hall–Kier alpha value is 0.359. The van der Waals surface area contributed by atoms with Crippen molar-refractivity contribution in [2.24, 2.45) is 11.8 Å². The molecule has 5 heteroatoms. The fourth-order valence-corrected chi connectivity index (χ4v) is 2.71. The van der Waals surface area contributed by atoms with Gasteiger partial charge in [0.25, 0.3) is 0 Å². The van der Waals surface area contributed by atoms with Crippen LogP contribution in [0.2, 0.25) is 0 Å². The van der Waals surface area contributed by atoms with Gasteiger partial charge in [-0.3, -0.25) is 0 Å².